The summed E-state index contributed by atoms with van der Waals surface area (Å²) in [5.74, 6) is -0.523. The predicted octanol–water partition coefficient (Wildman–Crippen LogP) is 2.73. The normalized spacial score (nSPS) is 18.3. The van der Waals surface area contributed by atoms with E-state index in [-0.39, 0.29) is 30.4 Å². The maximum atomic E-state index is 13.5. The van der Waals surface area contributed by atoms with Gasteiger partial charge in [0.05, 0.1) is 12.7 Å². The molecule has 2 heterocycles. The van der Waals surface area contributed by atoms with Gasteiger partial charge >= 0.3 is 5.97 Å². The molecular formula is C23H26FN5O3. The minimum absolute atomic E-state index is 0.0750. The smallest absolute Gasteiger partial charge is 0.325 e. The molecule has 0 radical (unpaired) electrons. The van der Waals surface area contributed by atoms with E-state index >= 15 is 0 Å². The number of ether oxygens (including phenoxy) is 1. The Balaban J connectivity index is 1.71. The molecule has 0 aliphatic heterocycles. The first kappa shape index (κ1) is 21.8. The van der Waals surface area contributed by atoms with Crippen LogP contribution >= 0.6 is 0 Å². The molecule has 4 rings (SSSR count). The molecule has 1 saturated carbocycles. The van der Waals surface area contributed by atoms with Crippen LogP contribution in [0, 0.1) is 5.82 Å². The van der Waals surface area contributed by atoms with E-state index in [2.05, 4.69) is 15.6 Å². The van der Waals surface area contributed by atoms with Crippen LogP contribution in [-0.2, 0) is 9.53 Å². The number of rotatable bonds is 6. The van der Waals surface area contributed by atoms with E-state index in [1.807, 2.05) is 0 Å². The molecule has 0 bridgehead atoms. The van der Waals surface area contributed by atoms with Crippen LogP contribution in [0.1, 0.15) is 36.0 Å². The maximum Gasteiger partial charge on any atom is 0.325 e. The van der Waals surface area contributed by atoms with Gasteiger partial charge in [0, 0.05) is 23.8 Å². The van der Waals surface area contributed by atoms with Crippen molar-refractivity contribution in [2.45, 2.75) is 37.8 Å². The largest absolute Gasteiger partial charge is 0.468 e. The lowest BCUT2D eigenvalue weighted by Gasteiger charge is -2.26. The SMILES string of the molecule is COC(=O)CNc1c(-c2ccc(F)cc2)nc2c(C(=O)NC3CCC(N)CC3)cccn12. The van der Waals surface area contributed by atoms with Gasteiger partial charge in [0.2, 0.25) is 0 Å². The minimum Gasteiger partial charge on any atom is -0.468 e. The number of hydrogen-bond acceptors (Lipinski definition) is 6. The van der Waals surface area contributed by atoms with E-state index in [1.165, 1.54) is 19.2 Å². The number of nitrogens with one attached hydrogen (secondary N) is 2. The van der Waals surface area contributed by atoms with E-state index in [1.54, 1.807) is 34.9 Å². The summed E-state index contributed by atoms with van der Waals surface area (Å²) in [6.45, 7) is -0.0861. The van der Waals surface area contributed by atoms with Crippen LogP contribution in [0.4, 0.5) is 10.2 Å². The number of nitrogens with zero attached hydrogens (tertiary/aromatic N) is 2. The van der Waals surface area contributed by atoms with Crippen LogP contribution in [0.15, 0.2) is 42.6 Å². The lowest BCUT2D eigenvalue weighted by Crippen LogP contribution is -2.40. The number of carbonyl (C=O) groups is 2. The summed E-state index contributed by atoms with van der Waals surface area (Å²) in [6, 6.07) is 9.61. The maximum absolute atomic E-state index is 13.5. The van der Waals surface area contributed by atoms with Crippen LogP contribution in [0.25, 0.3) is 16.9 Å². The number of carbonyl (C=O) groups excluding carboxylic acids is 2. The molecule has 1 aliphatic carbocycles. The third kappa shape index (κ3) is 4.57. The fourth-order valence-electron chi connectivity index (χ4n) is 3.98. The zero-order valence-electron chi connectivity index (χ0n) is 17.8. The van der Waals surface area contributed by atoms with Crippen LogP contribution in [-0.4, -0.2) is 47.0 Å². The fourth-order valence-corrected chi connectivity index (χ4v) is 3.98. The van der Waals surface area contributed by atoms with Crippen molar-refractivity contribution >= 4 is 23.3 Å². The first-order valence-corrected chi connectivity index (χ1v) is 10.6. The quantitative estimate of drug-likeness (QED) is 0.510. The highest BCUT2D eigenvalue weighted by Crippen LogP contribution is 2.30. The van der Waals surface area contributed by atoms with E-state index in [9.17, 15) is 14.0 Å². The molecule has 168 valence electrons. The van der Waals surface area contributed by atoms with E-state index < -0.39 is 5.97 Å². The highest BCUT2D eigenvalue weighted by molar-refractivity contribution is 6.01. The molecule has 4 N–H and O–H groups in total. The second kappa shape index (κ2) is 9.35. The van der Waals surface area contributed by atoms with Crippen molar-refractivity contribution in [3.63, 3.8) is 0 Å². The number of aromatic nitrogens is 2. The highest BCUT2D eigenvalue weighted by Gasteiger charge is 2.24. The van der Waals surface area contributed by atoms with Gasteiger partial charge in [-0.3, -0.25) is 14.0 Å². The number of benzene rings is 1. The Bertz CT molecular complexity index is 1120. The Labute approximate surface area is 185 Å². The number of fused-ring (bicyclic) bond motifs is 1. The van der Waals surface area contributed by atoms with Crippen LogP contribution in [0.5, 0.6) is 0 Å². The molecule has 32 heavy (non-hydrogen) atoms. The van der Waals surface area contributed by atoms with E-state index in [0.717, 1.165) is 25.7 Å². The summed E-state index contributed by atoms with van der Waals surface area (Å²) < 4.78 is 19.9. The number of anilines is 1. The van der Waals surface area contributed by atoms with Crippen molar-refractivity contribution in [3.05, 3.63) is 54.0 Å². The van der Waals surface area contributed by atoms with Gasteiger partial charge in [-0.25, -0.2) is 9.37 Å². The van der Waals surface area contributed by atoms with Gasteiger partial charge in [-0.05, 0) is 62.1 Å². The third-order valence-electron chi connectivity index (χ3n) is 5.75. The van der Waals surface area contributed by atoms with Crippen LogP contribution in [0.2, 0.25) is 0 Å². The summed E-state index contributed by atoms with van der Waals surface area (Å²) in [4.78, 5) is 29.5. The monoisotopic (exact) mass is 439 g/mol. The van der Waals surface area contributed by atoms with Crippen LogP contribution in [0.3, 0.4) is 0 Å². The molecule has 0 atom stereocenters. The summed E-state index contributed by atoms with van der Waals surface area (Å²) in [7, 11) is 1.31. The second-order valence-corrected chi connectivity index (χ2v) is 7.95. The Morgan fingerprint density at radius 1 is 1.19 bits per heavy atom. The summed E-state index contributed by atoms with van der Waals surface area (Å²) in [5, 5.41) is 6.13. The number of methoxy groups -OCH3 is 1. The Morgan fingerprint density at radius 3 is 2.59 bits per heavy atom. The van der Waals surface area contributed by atoms with Crippen molar-refractivity contribution in [2.24, 2.45) is 5.73 Å². The van der Waals surface area contributed by atoms with Gasteiger partial charge in [-0.2, -0.15) is 0 Å². The number of imidazole rings is 1. The van der Waals surface area contributed by atoms with Gasteiger partial charge in [0.15, 0.2) is 5.65 Å². The standard InChI is InChI=1S/C23H26FN5O3/c1-32-19(30)13-26-22-20(14-4-6-15(24)7-5-14)28-21-18(3-2-12-29(21)22)23(31)27-17-10-8-16(25)9-11-17/h2-7,12,16-17,26H,8-11,13,25H2,1H3,(H,27,31). The molecule has 1 fully saturated rings. The molecular weight excluding hydrogens is 413 g/mol. The Hall–Kier alpha value is -3.46. The molecule has 3 aromatic rings. The minimum atomic E-state index is -0.450. The topological polar surface area (TPSA) is 111 Å². The average Bonchev–Trinajstić information content (AvgIpc) is 3.18. The number of nitrogens with two attached hydrogens (primary N) is 1. The molecule has 2 aromatic heterocycles. The predicted molar refractivity (Wildman–Crippen MR) is 119 cm³/mol. The summed E-state index contributed by atoms with van der Waals surface area (Å²) >= 11 is 0. The van der Waals surface area contributed by atoms with E-state index in [4.69, 9.17) is 10.5 Å². The molecule has 9 heteroatoms. The number of esters is 1. The Morgan fingerprint density at radius 2 is 1.91 bits per heavy atom. The van der Waals surface area contributed by atoms with Gasteiger partial charge in [0.1, 0.15) is 23.9 Å². The number of pyridine rings is 1. The molecule has 0 saturated heterocycles. The molecule has 1 amide bonds. The molecule has 8 nitrogen and oxygen atoms in total. The summed E-state index contributed by atoms with van der Waals surface area (Å²) in [5.41, 5.74) is 7.96. The number of hydrogen-bond donors (Lipinski definition) is 3. The van der Waals surface area contributed by atoms with Crippen molar-refractivity contribution in [3.8, 4) is 11.3 Å². The lowest BCUT2D eigenvalue weighted by molar-refractivity contribution is -0.138. The molecule has 0 unspecified atom stereocenters. The van der Waals surface area contributed by atoms with Gasteiger partial charge in [-0.15, -0.1) is 0 Å². The molecule has 1 aromatic carbocycles. The van der Waals surface area contributed by atoms with Crippen molar-refractivity contribution in [1.82, 2.24) is 14.7 Å². The summed E-state index contributed by atoms with van der Waals surface area (Å²) in [6.07, 6.45) is 5.21. The van der Waals surface area contributed by atoms with Crippen molar-refractivity contribution < 1.29 is 18.7 Å². The van der Waals surface area contributed by atoms with Crippen LogP contribution < -0.4 is 16.4 Å². The molecule has 1 aliphatic rings. The average molecular weight is 439 g/mol. The third-order valence-corrected chi connectivity index (χ3v) is 5.75. The lowest BCUT2D eigenvalue weighted by atomic mass is 9.91. The first-order valence-electron chi connectivity index (χ1n) is 10.6. The zero-order valence-corrected chi connectivity index (χ0v) is 17.8. The number of amides is 1. The number of halogens is 1. The van der Waals surface area contributed by atoms with Gasteiger partial charge in [0.25, 0.3) is 5.91 Å². The first-order chi connectivity index (χ1) is 15.5. The van der Waals surface area contributed by atoms with Gasteiger partial charge in [-0.1, -0.05) is 0 Å². The van der Waals surface area contributed by atoms with Crippen molar-refractivity contribution in [1.29, 1.82) is 0 Å². The zero-order chi connectivity index (χ0) is 22.7. The van der Waals surface area contributed by atoms with E-state index in [0.29, 0.717) is 28.3 Å². The molecule has 0 spiro atoms. The second-order valence-electron chi connectivity index (χ2n) is 7.95. The highest BCUT2D eigenvalue weighted by atomic mass is 19.1. The fraction of sp³-hybridized carbons (Fsp3) is 0.348. The Kier molecular flexibility index (Phi) is 6.36. The van der Waals surface area contributed by atoms with Crippen molar-refractivity contribution in [2.75, 3.05) is 19.0 Å². The van der Waals surface area contributed by atoms with Gasteiger partial charge < -0.3 is 21.1 Å².